The number of para-hydroxylation sites is 1. The van der Waals surface area contributed by atoms with E-state index in [1.54, 1.807) is 12.4 Å². The van der Waals surface area contributed by atoms with Gasteiger partial charge in [0.25, 0.3) is 0 Å². The van der Waals surface area contributed by atoms with Crippen molar-refractivity contribution < 1.29 is 0 Å². The molecule has 2 aromatic heterocycles. The molecule has 158 valence electrons. The third-order valence-electron chi connectivity index (χ3n) is 6.27. The van der Waals surface area contributed by atoms with E-state index in [1.807, 2.05) is 6.07 Å². The van der Waals surface area contributed by atoms with Crippen LogP contribution in [0.3, 0.4) is 0 Å². The molecule has 0 N–H and O–H groups in total. The first kappa shape index (κ1) is 19.4. The highest BCUT2D eigenvalue weighted by Gasteiger charge is 2.19. The van der Waals surface area contributed by atoms with Gasteiger partial charge in [-0.3, -0.25) is 4.57 Å². The molecule has 0 amide bonds. The number of aryl methyl sites for hydroxylation is 2. The summed E-state index contributed by atoms with van der Waals surface area (Å²) >= 11 is 0. The molecule has 4 aromatic carbocycles. The lowest BCUT2D eigenvalue weighted by molar-refractivity contribution is 0.988. The van der Waals surface area contributed by atoms with Crippen molar-refractivity contribution in [3.05, 3.63) is 115 Å². The van der Waals surface area contributed by atoms with E-state index in [4.69, 9.17) is 0 Å². The predicted octanol–water partition coefficient (Wildman–Crippen LogP) is 7.52. The monoisotopic (exact) mass is 425 g/mol. The predicted molar refractivity (Wildman–Crippen MR) is 137 cm³/mol. The lowest BCUT2D eigenvalue weighted by atomic mass is 9.94. The first-order valence-electron chi connectivity index (χ1n) is 11.2. The number of nitrogens with zero attached hydrogens (tertiary/aromatic N) is 3. The highest BCUT2D eigenvalue weighted by atomic mass is 15.1. The molecule has 0 fully saturated rings. The van der Waals surface area contributed by atoms with E-state index in [-0.39, 0.29) is 0 Å². The number of fused-ring (bicyclic) bond motifs is 3. The van der Waals surface area contributed by atoms with Gasteiger partial charge in [-0.05, 0) is 60.4 Å². The van der Waals surface area contributed by atoms with Crippen molar-refractivity contribution in [3.63, 3.8) is 0 Å². The van der Waals surface area contributed by atoms with Crippen molar-refractivity contribution in [2.45, 2.75) is 13.8 Å². The average molecular weight is 426 g/mol. The minimum Gasteiger partial charge on any atom is -0.278 e. The van der Waals surface area contributed by atoms with Crippen LogP contribution in [-0.4, -0.2) is 14.5 Å². The van der Waals surface area contributed by atoms with Crippen molar-refractivity contribution in [2.24, 2.45) is 0 Å². The fourth-order valence-corrected chi connectivity index (χ4v) is 4.59. The number of benzene rings is 4. The van der Waals surface area contributed by atoms with Crippen LogP contribution in [0.5, 0.6) is 0 Å². The van der Waals surface area contributed by atoms with Crippen LogP contribution in [0.4, 0.5) is 0 Å². The Bertz CT molecular complexity index is 1590. The minimum absolute atomic E-state index is 0.680. The fraction of sp³-hybridized carbons (Fsp3) is 0.0667. The summed E-state index contributed by atoms with van der Waals surface area (Å²) in [4.78, 5) is 9.20. The van der Waals surface area contributed by atoms with Gasteiger partial charge < -0.3 is 0 Å². The van der Waals surface area contributed by atoms with Crippen LogP contribution >= 0.6 is 0 Å². The molecular weight excluding hydrogens is 402 g/mol. The molecular formula is C30H23N3. The molecule has 6 rings (SSSR count). The Morgan fingerprint density at radius 3 is 1.91 bits per heavy atom. The third-order valence-corrected chi connectivity index (χ3v) is 6.27. The van der Waals surface area contributed by atoms with Crippen molar-refractivity contribution in [2.75, 3.05) is 0 Å². The van der Waals surface area contributed by atoms with E-state index in [0.717, 1.165) is 11.0 Å². The Hall–Kier alpha value is -4.24. The average Bonchev–Trinajstić information content (AvgIpc) is 3.19. The number of hydrogen-bond donors (Lipinski definition) is 0. The molecule has 0 aliphatic carbocycles. The molecule has 0 spiro atoms. The quantitative estimate of drug-likeness (QED) is 0.293. The second-order valence-electron chi connectivity index (χ2n) is 8.55. The van der Waals surface area contributed by atoms with Crippen LogP contribution < -0.4 is 0 Å². The normalized spacial score (nSPS) is 11.3. The van der Waals surface area contributed by atoms with Gasteiger partial charge in [0, 0.05) is 23.2 Å². The highest BCUT2D eigenvalue weighted by Crippen LogP contribution is 2.41. The maximum absolute atomic E-state index is 4.60. The summed E-state index contributed by atoms with van der Waals surface area (Å²) < 4.78 is 2.18. The van der Waals surface area contributed by atoms with Crippen LogP contribution in [0, 0.1) is 13.8 Å². The van der Waals surface area contributed by atoms with Crippen molar-refractivity contribution in [3.8, 4) is 28.2 Å². The Morgan fingerprint density at radius 1 is 0.576 bits per heavy atom. The topological polar surface area (TPSA) is 30.7 Å². The van der Waals surface area contributed by atoms with Crippen LogP contribution in [0.2, 0.25) is 0 Å². The van der Waals surface area contributed by atoms with E-state index in [9.17, 15) is 0 Å². The van der Waals surface area contributed by atoms with Gasteiger partial charge in [0.15, 0.2) is 0 Å². The molecule has 0 bridgehead atoms. The van der Waals surface area contributed by atoms with E-state index in [0.29, 0.717) is 5.95 Å². The number of rotatable bonds is 3. The second kappa shape index (κ2) is 7.72. The van der Waals surface area contributed by atoms with Gasteiger partial charge >= 0.3 is 0 Å². The number of aromatic nitrogens is 3. The Kier molecular flexibility index (Phi) is 4.55. The first-order chi connectivity index (χ1) is 16.2. The minimum atomic E-state index is 0.680. The molecule has 0 aliphatic rings. The van der Waals surface area contributed by atoms with Gasteiger partial charge in [0.05, 0.1) is 11.0 Å². The summed E-state index contributed by atoms with van der Waals surface area (Å²) in [6.45, 7) is 4.25. The van der Waals surface area contributed by atoms with E-state index >= 15 is 0 Å². The van der Waals surface area contributed by atoms with Gasteiger partial charge in [-0.15, -0.1) is 0 Å². The molecule has 0 atom stereocenters. The Balaban J connectivity index is 1.77. The summed E-state index contributed by atoms with van der Waals surface area (Å²) in [5, 5.41) is 2.42. The van der Waals surface area contributed by atoms with E-state index in [1.165, 1.54) is 44.2 Å². The van der Waals surface area contributed by atoms with Crippen LogP contribution in [-0.2, 0) is 0 Å². The molecule has 0 saturated heterocycles. The first-order valence-corrected chi connectivity index (χ1v) is 11.2. The second-order valence-corrected chi connectivity index (χ2v) is 8.55. The molecule has 2 heterocycles. The summed E-state index contributed by atoms with van der Waals surface area (Å²) in [6, 6.07) is 32.5. The molecule has 0 radical (unpaired) electrons. The van der Waals surface area contributed by atoms with E-state index < -0.39 is 0 Å². The summed E-state index contributed by atoms with van der Waals surface area (Å²) in [6.07, 6.45) is 3.60. The zero-order valence-electron chi connectivity index (χ0n) is 18.7. The molecule has 0 unspecified atom stereocenters. The molecule has 0 saturated carbocycles. The van der Waals surface area contributed by atoms with Crippen LogP contribution in [0.25, 0.3) is 50.0 Å². The van der Waals surface area contributed by atoms with Crippen molar-refractivity contribution in [1.29, 1.82) is 0 Å². The van der Waals surface area contributed by atoms with Gasteiger partial charge in [-0.1, -0.05) is 77.9 Å². The molecule has 0 aliphatic heterocycles. The molecule has 33 heavy (non-hydrogen) atoms. The SMILES string of the molecule is Cc1ccc(-c2cc(-c3ccc(C)cc3)c3c4ccccc4n(-c4ncccn4)c3c2)cc1. The van der Waals surface area contributed by atoms with Gasteiger partial charge in [-0.2, -0.15) is 0 Å². The molecule has 3 heteroatoms. The standard InChI is InChI=1S/C30H23N3/c1-20-8-12-22(13-9-20)24-18-26(23-14-10-21(2)11-15-23)29-25-6-3-4-7-27(25)33(28(29)19-24)30-31-16-5-17-32-30/h3-19H,1-2H3. The Morgan fingerprint density at radius 2 is 1.21 bits per heavy atom. The van der Waals surface area contributed by atoms with Crippen LogP contribution in [0.15, 0.2) is 103 Å². The summed E-state index contributed by atoms with van der Waals surface area (Å²) in [5.74, 6) is 0.680. The maximum atomic E-state index is 4.60. The van der Waals surface area contributed by atoms with E-state index in [2.05, 4.69) is 113 Å². The van der Waals surface area contributed by atoms with Crippen molar-refractivity contribution in [1.82, 2.24) is 14.5 Å². The smallest absolute Gasteiger partial charge is 0.234 e. The van der Waals surface area contributed by atoms with Gasteiger partial charge in [0.1, 0.15) is 0 Å². The molecule has 6 aromatic rings. The zero-order chi connectivity index (χ0) is 22.4. The zero-order valence-corrected chi connectivity index (χ0v) is 18.7. The van der Waals surface area contributed by atoms with Gasteiger partial charge in [0.2, 0.25) is 5.95 Å². The largest absolute Gasteiger partial charge is 0.278 e. The maximum Gasteiger partial charge on any atom is 0.234 e. The highest BCUT2D eigenvalue weighted by molar-refractivity contribution is 6.16. The number of hydrogen-bond acceptors (Lipinski definition) is 2. The Labute approximate surface area is 193 Å². The fourth-order valence-electron chi connectivity index (χ4n) is 4.59. The van der Waals surface area contributed by atoms with Gasteiger partial charge in [-0.25, -0.2) is 9.97 Å². The lowest BCUT2D eigenvalue weighted by Gasteiger charge is -2.12. The lowest BCUT2D eigenvalue weighted by Crippen LogP contribution is -1.99. The molecule has 3 nitrogen and oxygen atoms in total. The van der Waals surface area contributed by atoms with Crippen molar-refractivity contribution >= 4 is 21.8 Å². The van der Waals surface area contributed by atoms with Crippen LogP contribution in [0.1, 0.15) is 11.1 Å². The third kappa shape index (κ3) is 3.30. The summed E-state index contributed by atoms with van der Waals surface area (Å²) in [5.41, 5.74) is 9.52. The summed E-state index contributed by atoms with van der Waals surface area (Å²) in [7, 11) is 0.